The molecule has 1 fully saturated rings. The van der Waals surface area contributed by atoms with Crippen LogP contribution >= 0.6 is 0 Å². The molecule has 0 spiro atoms. The van der Waals surface area contributed by atoms with Crippen molar-refractivity contribution < 1.29 is 4.79 Å². The van der Waals surface area contributed by atoms with Crippen LogP contribution in [0.3, 0.4) is 0 Å². The predicted octanol–water partition coefficient (Wildman–Crippen LogP) is 2.15. The summed E-state index contributed by atoms with van der Waals surface area (Å²) in [6.45, 7) is 7.57. The highest BCUT2D eigenvalue weighted by molar-refractivity contribution is 5.78. The minimum absolute atomic E-state index is 0.0942. The Labute approximate surface area is 108 Å². The Morgan fingerprint density at radius 1 is 1.39 bits per heavy atom. The fraction of sp³-hybridized carbons (Fsp3) is 0.643. The summed E-state index contributed by atoms with van der Waals surface area (Å²) in [7, 11) is 0. The molecule has 0 bridgehead atoms. The summed E-state index contributed by atoms with van der Waals surface area (Å²) in [5.41, 5.74) is 1.01. The number of nitrogens with zero attached hydrogens (tertiary/aromatic N) is 3. The number of piperidine rings is 1. The number of aryl methyl sites for hydroxylation is 1. The van der Waals surface area contributed by atoms with Gasteiger partial charge in [-0.15, -0.1) is 0 Å². The lowest BCUT2D eigenvalue weighted by Crippen LogP contribution is -2.40. The second kappa shape index (κ2) is 5.46. The second-order valence-corrected chi connectivity index (χ2v) is 5.31. The Hall–Kier alpha value is -1.45. The molecule has 1 aliphatic heterocycles. The van der Waals surface area contributed by atoms with E-state index < -0.39 is 0 Å². The second-order valence-electron chi connectivity index (χ2n) is 5.31. The third-order valence-corrected chi connectivity index (χ3v) is 3.48. The number of hydrogen-bond donors (Lipinski definition) is 0. The van der Waals surface area contributed by atoms with Crippen LogP contribution in [0, 0.1) is 12.8 Å². The van der Waals surface area contributed by atoms with Gasteiger partial charge in [-0.05, 0) is 25.8 Å². The Balaban J connectivity index is 1.96. The summed E-state index contributed by atoms with van der Waals surface area (Å²) in [5, 5.41) is 0. The van der Waals surface area contributed by atoms with E-state index in [0.29, 0.717) is 5.92 Å². The van der Waals surface area contributed by atoms with Gasteiger partial charge in [0.25, 0.3) is 0 Å². The summed E-state index contributed by atoms with van der Waals surface area (Å²) < 4.78 is 0. The molecule has 4 nitrogen and oxygen atoms in total. The molecule has 98 valence electrons. The first-order chi connectivity index (χ1) is 8.58. The van der Waals surface area contributed by atoms with Crippen molar-refractivity contribution in [3.8, 4) is 0 Å². The maximum Gasteiger partial charge on any atom is 0.225 e. The fourth-order valence-corrected chi connectivity index (χ4v) is 2.39. The molecule has 1 aliphatic rings. The zero-order valence-corrected chi connectivity index (χ0v) is 11.4. The highest BCUT2D eigenvalue weighted by atomic mass is 16.2. The lowest BCUT2D eigenvalue weighted by molar-refractivity contribution is -0.135. The molecule has 0 N–H and O–H groups in total. The van der Waals surface area contributed by atoms with Crippen molar-refractivity contribution in [3.05, 3.63) is 23.8 Å². The van der Waals surface area contributed by atoms with Crippen LogP contribution in [0.2, 0.25) is 0 Å². The lowest BCUT2D eigenvalue weighted by atomic mass is 9.95. The van der Waals surface area contributed by atoms with Gasteiger partial charge < -0.3 is 4.90 Å². The lowest BCUT2D eigenvalue weighted by Gasteiger charge is -2.32. The zero-order valence-electron chi connectivity index (χ0n) is 11.4. The number of rotatable bonds is 2. The van der Waals surface area contributed by atoms with Crippen molar-refractivity contribution >= 4 is 5.91 Å². The average molecular weight is 247 g/mol. The van der Waals surface area contributed by atoms with Gasteiger partial charge in [-0.2, -0.15) is 0 Å². The summed E-state index contributed by atoms with van der Waals surface area (Å²) in [6.07, 6.45) is 3.77. The molecule has 0 atom stereocenters. The summed E-state index contributed by atoms with van der Waals surface area (Å²) in [4.78, 5) is 22.7. The quantitative estimate of drug-likeness (QED) is 0.804. The Bertz CT molecular complexity index is 423. The van der Waals surface area contributed by atoms with Crippen LogP contribution in [-0.4, -0.2) is 33.9 Å². The minimum Gasteiger partial charge on any atom is -0.342 e. The molecule has 1 amide bonds. The first-order valence-electron chi connectivity index (χ1n) is 6.66. The van der Waals surface area contributed by atoms with Gasteiger partial charge in [0.15, 0.2) is 0 Å². The van der Waals surface area contributed by atoms with Gasteiger partial charge in [0.1, 0.15) is 5.82 Å². The van der Waals surface area contributed by atoms with Gasteiger partial charge in [-0.1, -0.05) is 13.8 Å². The number of hydrogen-bond acceptors (Lipinski definition) is 3. The maximum absolute atomic E-state index is 11.9. The summed E-state index contributed by atoms with van der Waals surface area (Å²) >= 11 is 0. The van der Waals surface area contributed by atoms with E-state index in [9.17, 15) is 4.79 Å². The normalized spacial score (nSPS) is 17.2. The molecule has 0 radical (unpaired) electrons. The van der Waals surface area contributed by atoms with E-state index >= 15 is 0 Å². The third kappa shape index (κ3) is 2.86. The van der Waals surface area contributed by atoms with E-state index in [1.54, 1.807) is 0 Å². The molecular weight excluding hydrogens is 226 g/mol. The van der Waals surface area contributed by atoms with Gasteiger partial charge in [0, 0.05) is 36.8 Å². The molecule has 0 saturated carbocycles. The highest BCUT2D eigenvalue weighted by Crippen LogP contribution is 2.26. The molecular formula is C14H21N3O. The molecule has 2 rings (SSSR count). The first kappa shape index (κ1) is 13.0. The van der Waals surface area contributed by atoms with Gasteiger partial charge in [0.05, 0.1) is 0 Å². The smallest absolute Gasteiger partial charge is 0.225 e. The molecule has 1 saturated heterocycles. The topological polar surface area (TPSA) is 46.1 Å². The van der Waals surface area contributed by atoms with Crippen LogP contribution in [0.4, 0.5) is 0 Å². The van der Waals surface area contributed by atoms with Crippen LogP contribution in [0.1, 0.15) is 44.1 Å². The SMILES string of the molecule is Cc1ccnc(C2CCN(C(=O)C(C)C)CC2)n1. The molecule has 4 heteroatoms. The van der Waals surface area contributed by atoms with Gasteiger partial charge in [-0.3, -0.25) is 4.79 Å². The standard InChI is InChI=1S/C14H21N3O/c1-10(2)14(18)17-8-5-12(6-9-17)13-15-7-4-11(3)16-13/h4,7,10,12H,5-6,8-9H2,1-3H3. The van der Waals surface area contributed by atoms with Gasteiger partial charge in [0.2, 0.25) is 5.91 Å². The first-order valence-corrected chi connectivity index (χ1v) is 6.66. The van der Waals surface area contributed by atoms with E-state index in [-0.39, 0.29) is 11.8 Å². The van der Waals surface area contributed by atoms with Crippen LogP contribution in [0.5, 0.6) is 0 Å². The van der Waals surface area contributed by atoms with E-state index in [0.717, 1.165) is 37.4 Å². The molecule has 0 aliphatic carbocycles. The monoisotopic (exact) mass is 247 g/mol. The Morgan fingerprint density at radius 3 is 2.61 bits per heavy atom. The summed E-state index contributed by atoms with van der Waals surface area (Å²) in [5.74, 6) is 1.70. The number of aromatic nitrogens is 2. The van der Waals surface area contributed by atoms with Crippen molar-refractivity contribution in [3.63, 3.8) is 0 Å². The van der Waals surface area contributed by atoms with E-state index in [1.165, 1.54) is 0 Å². The molecule has 18 heavy (non-hydrogen) atoms. The van der Waals surface area contributed by atoms with Crippen LogP contribution < -0.4 is 0 Å². The Morgan fingerprint density at radius 2 is 2.06 bits per heavy atom. The van der Waals surface area contributed by atoms with Crippen molar-refractivity contribution in [2.75, 3.05) is 13.1 Å². The van der Waals surface area contributed by atoms with Crippen LogP contribution in [0.25, 0.3) is 0 Å². The molecule has 1 aromatic rings. The van der Waals surface area contributed by atoms with E-state index in [1.807, 2.05) is 37.9 Å². The number of likely N-dealkylation sites (tertiary alicyclic amines) is 1. The van der Waals surface area contributed by atoms with E-state index in [4.69, 9.17) is 0 Å². The number of amides is 1. The van der Waals surface area contributed by atoms with Crippen LogP contribution in [-0.2, 0) is 4.79 Å². The summed E-state index contributed by atoms with van der Waals surface area (Å²) in [6, 6.07) is 1.92. The number of carbonyl (C=O) groups excluding carboxylic acids is 1. The fourth-order valence-electron chi connectivity index (χ4n) is 2.39. The molecule has 0 aromatic carbocycles. The Kier molecular flexibility index (Phi) is 3.94. The molecule has 2 heterocycles. The van der Waals surface area contributed by atoms with Crippen LogP contribution in [0.15, 0.2) is 12.3 Å². The largest absolute Gasteiger partial charge is 0.342 e. The molecule has 0 unspecified atom stereocenters. The van der Waals surface area contributed by atoms with Crippen molar-refractivity contribution in [2.45, 2.75) is 39.5 Å². The third-order valence-electron chi connectivity index (χ3n) is 3.48. The van der Waals surface area contributed by atoms with Gasteiger partial charge >= 0.3 is 0 Å². The van der Waals surface area contributed by atoms with E-state index in [2.05, 4.69) is 9.97 Å². The predicted molar refractivity (Wildman–Crippen MR) is 70.2 cm³/mol. The van der Waals surface area contributed by atoms with Crippen molar-refractivity contribution in [1.82, 2.24) is 14.9 Å². The highest BCUT2D eigenvalue weighted by Gasteiger charge is 2.26. The zero-order chi connectivity index (χ0) is 13.1. The average Bonchev–Trinajstić information content (AvgIpc) is 2.38. The van der Waals surface area contributed by atoms with Crippen molar-refractivity contribution in [2.24, 2.45) is 5.92 Å². The molecule has 1 aromatic heterocycles. The maximum atomic E-state index is 11.9. The minimum atomic E-state index is 0.0942. The number of carbonyl (C=O) groups is 1. The van der Waals surface area contributed by atoms with Crippen molar-refractivity contribution in [1.29, 1.82) is 0 Å². The van der Waals surface area contributed by atoms with Gasteiger partial charge in [-0.25, -0.2) is 9.97 Å².